The fourth-order valence-corrected chi connectivity index (χ4v) is 4.09. The molecule has 0 unspecified atom stereocenters. The Balaban J connectivity index is 1.55. The van der Waals surface area contributed by atoms with Crippen LogP contribution in [0.25, 0.3) is 28.0 Å². The van der Waals surface area contributed by atoms with E-state index in [9.17, 15) is 14.3 Å². The summed E-state index contributed by atoms with van der Waals surface area (Å²) in [5.41, 5.74) is 3.85. The first-order chi connectivity index (χ1) is 15.0. The van der Waals surface area contributed by atoms with Crippen molar-refractivity contribution in [2.24, 2.45) is 0 Å². The number of piperidine rings is 1. The first-order valence-corrected chi connectivity index (χ1v) is 10.3. The first kappa shape index (κ1) is 19.4. The minimum Gasteiger partial charge on any atom is -0.393 e. The number of halogens is 1. The fraction of sp³-hybridized carbons (Fsp3) is 0.261. The van der Waals surface area contributed by atoms with E-state index in [1.807, 2.05) is 24.3 Å². The van der Waals surface area contributed by atoms with Gasteiger partial charge in [0.15, 0.2) is 0 Å². The predicted molar refractivity (Wildman–Crippen MR) is 117 cm³/mol. The van der Waals surface area contributed by atoms with E-state index in [0.29, 0.717) is 22.3 Å². The van der Waals surface area contributed by atoms with Gasteiger partial charge in [-0.3, -0.25) is 9.89 Å². The Bertz CT molecular complexity index is 1280. The van der Waals surface area contributed by atoms with Gasteiger partial charge in [0.25, 0.3) is 5.56 Å². The van der Waals surface area contributed by atoms with Crippen molar-refractivity contribution in [3.8, 4) is 16.9 Å². The van der Waals surface area contributed by atoms with Gasteiger partial charge in [-0.15, -0.1) is 0 Å². The summed E-state index contributed by atoms with van der Waals surface area (Å²) < 4.78 is 15.6. The van der Waals surface area contributed by atoms with Crippen molar-refractivity contribution in [1.29, 1.82) is 0 Å². The second kappa shape index (κ2) is 7.63. The third-order valence-electron chi connectivity index (χ3n) is 5.81. The van der Waals surface area contributed by atoms with E-state index in [0.717, 1.165) is 41.9 Å². The van der Waals surface area contributed by atoms with Crippen LogP contribution < -0.4 is 10.5 Å². The van der Waals surface area contributed by atoms with Gasteiger partial charge in [0.1, 0.15) is 22.7 Å². The zero-order valence-corrected chi connectivity index (χ0v) is 17.0. The molecule has 158 valence electrons. The highest BCUT2D eigenvalue weighted by atomic mass is 19.1. The largest absolute Gasteiger partial charge is 0.393 e. The van der Waals surface area contributed by atoms with Crippen LogP contribution in [0.3, 0.4) is 0 Å². The molecular weight excluding hydrogens is 397 g/mol. The van der Waals surface area contributed by atoms with Gasteiger partial charge in [-0.25, -0.2) is 4.39 Å². The van der Waals surface area contributed by atoms with Crippen LogP contribution in [0.15, 0.2) is 53.3 Å². The average Bonchev–Trinajstić information content (AvgIpc) is 3.17. The summed E-state index contributed by atoms with van der Waals surface area (Å²) in [7, 11) is 0. The summed E-state index contributed by atoms with van der Waals surface area (Å²) in [5.74, 6) is -0.505. The van der Waals surface area contributed by atoms with Crippen LogP contribution >= 0.6 is 0 Å². The molecule has 1 fully saturated rings. The topological polar surface area (TPSA) is 87.0 Å². The monoisotopic (exact) mass is 419 g/mol. The molecule has 8 heteroatoms. The summed E-state index contributed by atoms with van der Waals surface area (Å²) in [6.45, 7) is 3.38. The quantitative estimate of drug-likeness (QED) is 0.533. The normalized spacial score (nSPS) is 15.0. The van der Waals surface area contributed by atoms with Crippen LogP contribution in [0.4, 0.5) is 10.1 Å². The number of nitrogens with one attached hydrogen (secondary N) is 1. The van der Waals surface area contributed by atoms with Crippen molar-refractivity contribution >= 4 is 16.7 Å². The molecular formula is C23H22FN5O2. The van der Waals surface area contributed by atoms with E-state index in [4.69, 9.17) is 0 Å². The fourth-order valence-electron chi connectivity index (χ4n) is 4.09. The van der Waals surface area contributed by atoms with E-state index in [1.165, 1.54) is 12.1 Å². The number of aromatic amines is 1. The molecule has 0 spiro atoms. The molecule has 1 aliphatic rings. The Labute approximate surface area is 177 Å². The van der Waals surface area contributed by atoms with Crippen molar-refractivity contribution in [3.63, 3.8) is 0 Å². The van der Waals surface area contributed by atoms with Crippen LogP contribution in [0.1, 0.15) is 18.4 Å². The van der Waals surface area contributed by atoms with Crippen molar-refractivity contribution in [3.05, 3.63) is 70.3 Å². The smallest absolute Gasteiger partial charge is 0.273 e. The maximum absolute atomic E-state index is 14.5. The van der Waals surface area contributed by atoms with E-state index in [2.05, 4.69) is 20.2 Å². The maximum atomic E-state index is 14.5. The number of H-pyrrole nitrogens is 1. The lowest BCUT2D eigenvalue weighted by atomic mass is 10.1. The van der Waals surface area contributed by atoms with Crippen LogP contribution in [0.2, 0.25) is 0 Å². The van der Waals surface area contributed by atoms with E-state index in [1.54, 1.807) is 19.1 Å². The van der Waals surface area contributed by atoms with E-state index in [-0.39, 0.29) is 11.8 Å². The summed E-state index contributed by atoms with van der Waals surface area (Å²) >= 11 is 0. The zero-order valence-electron chi connectivity index (χ0n) is 17.0. The Kier molecular flexibility index (Phi) is 4.78. The lowest BCUT2D eigenvalue weighted by molar-refractivity contribution is 0.145. The Morgan fingerprint density at radius 3 is 2.58 bits per heavy atom. The number of aromatic nitrogens is 4. The van der Waals surface area contributed by atoms with Crippen LogP contribution in [0.5, 0.6) is 0 Å². The summed E-state index contributed by atoms with van der Waals surface area (Å²) in [4.78, 5) is 14.8. The number of aryl methyl sites for hydroxylation is 1. The van der Waals surface area contributed by atoms with Gasteiger partial charge >= 0.3 is 0 Å². The predicted octanol–water partition coefficient (Wildman–Crippen LogP) is 3.18. The Hall–Kier alpha value is -3.52. The van der Waals surface area contributed by atoms with Gasteiger partial charge < -0.3 is 10.0 Å². The molecule has 2 aromatic heterocycles. The Morgan fingerprint density at radius 2 is 1.87 bits per heavy atom. The lowest BCUT2D eigenvalue weighted by Crippen LogP contribution is -2.35. The van der Waals surface area contributed by atoms with Crippen LogP contribution in [-0.2, 0) is 0 Å². The minimum atomic E-state index is -0.505. The third-order valence-corrected chi connectivity index (χ3v) is 5.81. The van der Waals surface area contributed by atoms with Gasteiger partial charge in [-0.05, 0) is 43.5 Å². The van der Waals surface area contributed by atoms with Crippen molar-refractivity contribution < 1.29 is 9.50 Å². The lowest BCUT2D eigenvalue weighted by Gasteiger charge is -2.31. The number of nitrogens with zero attached hydrogens (tertiary/aromatic N) is 4. The molecule has 0 amide bonds. The second-order valence-corrected chi connectivity index (χ2v) is 7.90. The molecule has 1 saturated heterocycles. The maximum Gasteiger partial charge on any atom is 0.273 e. The van der Waals surface area contributed by atoms with Gasteiger partial charge in [-0.2, -0.15) is 14.9 Å². The van der Waals surface area contributed by atoms with Crippen LogP contribution in [-0.4, -0.2) is 44.3 Å². The minimum absolute atomic E-state index is 0.143. The molecule has 7 nitrogen and oxygen atoms in total. The second-order valence-electron chi connectivity index (χ2n) is 7.90. The van der Waals surface area contributed by atoms with Gasteiger partial charge in [0.2, 0.25) is 0 Å². The number of hydrogen-bond acceptors (Lipinski definition) is 5. The SMILES string of the molecule is Cc1cccc(F)c1-n1nc2c(-c3ccc(N4CCC(O)CC4)cc3)n[nH]c2cc1=O. The highest BCUT2D eigenvalue weighted by molar-refractivity contribution is 5.89. The van der Waals surface area contributed by atoms with Gasteiger partial charge in [0, 0.05) is 30.4 Å². The van der Waals surface area contributed by atoms with Crippen molar-refractivity contribution in [2.75, 3.05) is 18.0 Å². The number of rotatable bonds is 3. The van der Waals surface area contributed by atoms with E-state index >= 15 is 0 Å². The molecule has 0 bridgehead atoms. The molecule has 0 aliphatic carbocycles. The molecule has 0 atom stereocenters. The van der Waals surface area contributed by atoms with Crippen molar-refractivity contribution in [2.45, 2.75) is 25.9 Å². The molecule has 1 aliphatic heterocycles. The zero-order chi connectivity index (χ0) is 21.5. The first-order valence-electron chi connectivity index (χ1n) is 10.3. The molecule has 5 rings (SSSR count). The van der Waals surface area contributed by atoms with Gasteiger partial charge in [0.05, 0.1) is 11.6 Å². The summed E-state index contributed by atoms with van der Waals surface area (Å²) in [6.07, 6.45) is 1.32. The number of aliphatic hydroxyl groups excluding tert-OH is 1. The Morgan fingerprint density at radius 1 is 1.13 bits per heavy atom. The van der Waals surface area contributed by atoms with Gasteiger partial charge in [-0.1, -0.05) is 24.3 Å². The number of aliphatic hydroxyl groups is 1. The molecule has 2 N–H and O–H groups in total. The standard InChI is InChI=1S/C23H22FN5O2/c1-14-3-2-4-18(24)23(14)29-20(31)13-19-22(27-29)21(26-25-19)15-5-7-16(8-6-15)28-11-9-17(30)10-12-28/h2-8,13,17,25,30H,9-12H2,1H3. The highest BCUT2D eigenvalue weighted by Crippen LogP contribution is 2.28. The number of anilines is 1. The van der Waals surface area contributed by atoms with Crippen LogP contribution in [0, 0.1) is 12.7 Å². The number of para-hydroxylation sites is 1. The molecule has 4 aromatic rings. The molecule has 0 radical (unpaired) electrons. The third kappa shape index (κ3) is 3.48. The summed E-state index contributed by atoms with van der Waals surface area (Å²) in [5, 5.41) is 21.4. The summed E-state index contributed by atoms with van der Waals surface area (Å²) in [6, 6.07) is 14.0. The number of benzene rings is 2. The molecule has 31 heavy (non-hydrogen) atoms. The molecule has 2 aromatic carbocycles. The molecule has 0 saturated carbocycles. The number of hydrogen-bond donors (Lipinski definition) is 2. The molecule has 3 heterocycles. The number of fused-ring (bicyclic) bond motifs is 1. The highest BCUT2D eigenvalue weighted by Gasteiger charge is 2.19. The van der Waals surface area contributed by atoms with E-state index < -0.39 is 11.4 Å². The van der Waals surface area contributed by atoms with Crippen molar-refractivity contribution in [1.82, 2.24) is 20.0 Å². The average molecular weight is 419 g/mol.